The van der Waals surface area contributed by atoms with Crippen molar-refractivity contribution in [2.24, 2.45) is 0 Å². The van der Waals surface area contributed by atoms with E-state index < -0.39 is 0 Å². The van der Waals surface area contributed by atoms with Crippen LogP contribution in [0, 0.1) is 5.41 Å². The highest BCUT2D eigenvalue weighted by Crippen LogP contribution is 2.40. The van der Waals surface area contributed by atoms with Crippen LogP contribution in [0.3, 0.4) is 0 Å². The van der Waals surface area contributed by atoms with Crippen molar-refractivity contribution < 1.29 is 28.6 Å². The van der Waals surface area contributed by atoms with Crippen molar-refractivity contribution in [1.82, 2.24) is 15.1 Å². The number of methoxy groups -OCH3 is 1. The molecule has 41 heavy (non-hydrogen) atoms. The molecule has 2 aromatic carbocycles. The Labute approximate surface area is 242 Å². The second kappa shape index (κ2) is 13.1. The molecule has 0 aromatic heterocycles. The van der Waals surface area contributed by atoms with Gasteiger partial charge in [-0.25, -0.2) is 0 Å². The van der Waals surface area contributed by atoms with E-state index in [1.165, 1.54) is 0 Å². The molecule has 0 saturated heterocycles. The van der Waals surface area contributed by atoms with Crippen molar-refractivity contribution in [2.45, 2.75) is 52.5 Å². The van der Waals surface area contributed by atoms with Crippen molar-refractivity contribution in [3.63, 3.8) is 0 Å². The largest absolute Gasteiger partial charge is 0.493 e. The maximum absolute atomic E-state index is 13.6. The summed E-state index contributed by atoms with van der Waals surface area (Å²) in [5.41, 5.74) is 2.69. The predicted molar refractivity (Wildman–Crippen MR) is 158 cm³/mol. The van der Waals surface area contributed by atoms with Crippen LogP contribution in [0.2, 0.25) is 0 Å². The zero-order valence-electron chi connectivity index (χ0n) is 25.4. The molecule has 2 aromatic rings. The summed E-state index contributed by atoms with van der Waals surface area (Å²) in [4.78, 5) is 41.3. The summed E-state index contributed by atoms with van der Waals surface area (Å²) in [5.74, 6) is 1.16. The molecule has 1 heterocycles. The SMILES string of the molecule is CCOc1cc2c(cc1C(=O)NC)C(=N)N(CC(=O)c1cc(OCCCC(=O)N(C)C)c(OC)c(C(C)(C)C)c1)C2. The lowest BCUT2D eigenvalue weighted by molar-refractivity contribution is -0.128. The van der Waals surface area contributed by atoms with E-state index in [-0.39, 0.29) is 35.4 Å². The molecule has 10 heteroatoms. The second-order valence-corrected chi connectivity index (χ2v) is 11.2. The van der Waals surface area contributed by atoms with Crippen LogP contribution in [0.5, 0.6) is 17.2 Å². The number of ether oxygens (including phenoxy) is 3. The quantitative estimate of drug-likeness (QED) is 0.294. The molecule has 3 rings (SSSR count). The molecule has 2 amide bonds. The fourth-order valence-electron chi connectivity index (χ4n) is 4.68. The number of hydrogen-bond donors (Lipinski definition) is 2. The molecular formula is C31H42N4O6. The normalized spacial score (nSPS) is 12.6. The summed E-state index contributed by atoms with van der Waals surface area (Å²) >= 11 is 0. The summed E-state index contributed by atoms with van der Waals surface area (Å²) in [7, 11) is 6.55. The predicted octanol–water partition coefficient (Wildman–Crippen LogP) is 4.02. The Balaban J connectivity index is 1.87. The first kappa shape index (κ1) is 31.4. The summed E-state index contributed by atoms with van der Waals surface area (Å²) < 4.78 is 17.5. The first-order valence-electron chi connectivity index (χ1n) is 13.8. The van der Waals surface area contributed by atoms with Gasteiger partial charge in [-0.05, 0) is 48.6 Å². The summed E-state index contributed by atoms with van der Waals surface area (Å²) in [6.45, 7) is 8.95. The van der Waals surface area contributed by atoms with Gasteiger partial charge in [-0.15, -0.1) is 0 Å². The number of carbonyl (C=O) groups is 3. The van der Waals surface area contributed by atoms with Crippen LogP contribution in [0.4, 0.5) is 0 Å². The van der Waals surface area contributed by atoms with Crippen molar-refractivity contribution >= 4 is 23.4 Å². The molecule has 0 aliphatic carbocycles. The van der Waals surface area contributed by atoms with E-state index in [0.717, 1.165) is 11.1 Å². The lowest BCUT2D eigenvalue weighted by atomic mass is 9.84. The molecule has 1 aliphatic rings. The van der Waals surface area contributed by atoms with E-state index in [2.05, 4.69) is 5.32 Å². The van der Waals surface area contributed by atoms with Gasteiger partial charge < -0.3 is 29.3 Å². The third-order valence-corrected chi connectivity index (χ3v) is 6.92. The van der Waals surface area contributed by atoms with Crippen molar-refractivity contribution in [1.29, 1.82) is 5.41 Å². The molecule has 0 unspecified atom stereocenters. The Morgan fingerprint density at radius 3 is 2.37 bits per heavy atom. The third kappa shape index (κ3) is 7.17. The van der Waals surface area contributed by atoms with Gasteiger partial charge in [0, 0.05) is 50.8 Å². The Morgan fingerprint density at radius 1 is 1.07 bits per heavy atom. The minimum Gasteiger partial charge on any atom is -0.493 e. The lowest BCUT2D eigenvalue weighted by Gasteiger charge is -2.25. The van der Waals surface area contributed by atoms with Gasteiger partial charge in [-0.1, -0.05) is 20.8 Å². The molecule has 0 saturated carbocycles. The maximum atomic E-state index is 13.6. The number of fused-ring (bicyclic) bond motifs is 1. The van der Waals surface area contributed by atoms with Crippen LogP contribution >= 0.6 is 0 Å². The topological polar surface area (TPSA) is 121 Å². The van der Waals surface area contributed by atoms with Gasteiger partial charge in [0.15, 0.2) is 17.3 Å². The summed E-state index contributed by atoms with van der Waals surface area (Å²) in [5, 5.41) is 11.4. The van der Waals surface area contributed by atoms with E-state index in [4.69, 9.17) is 19.6 Å². The highest BCUT2D eigenvalue weighted by Gasteiger charge is 2.31. The van der Waals surface area contributed by atoms with E-state index in [1.807, 2.05) is 33.8 Å². The highest BCUT2D eigenvalue weighted by molar-refractivity contribution is 6.07. The molecular weight excluding hydrogens is 524 g/mol. The molecule has 0 bridgehead atoms. The Morgan fingerprint density at radius 2 is 1.78 bits per heavy atom. The van der Waals surface area contributed by atoms with Crippen LogP contribution in [0.25, 0.3) is 0 Å². The number of ketones is 1. The zero-order valence-corrected chi connectivity index (χ0v) is 25.4. The van der Waals surface area contributed by atoms with E-state index in [0.29, 0.717) is 66.5 Å². The zero-order chi connectivity index (χ0) is 30.5. The standard InChI is InChI=1S/C31H42N4O6/c1-9-40-25-15-20-17-35(29(32)21(20)16-22(25)30(38)33-5)18-24(36)19-13-23(31(2,3)4)28(39-8)26(14-19)41-12-10-11-27(37)34(6)7/h13-16,32H,9-12,17-18H2,1-8H3,(H,33,38). The van der Waals surface area contributed by atoms with E-state index >= 15 is 0 Å². The Hall–Kier alpha value is -4.08. The number of benzene rings is 2. The smallest absolute Gasteiger partial charge is 0.254 e. The number of nitrogens with zero attached hydrogens (tertiary/aromatic N) is 2. The van der Waals surface area contributed by atoms with Gasteiger partial charge in [0.05, 0.1) is 32.4 Å². The first-order valence-corrected chi connectivity index (χ1v) is 13.8. The number of amidine groups is 1. The van der Waals surface area contributed by atoms with Gasteiger partial charge in [0.1, 0.15) is 11.6 Å². The van der Waals surface area contributed by atoms with Gasteiger partial charge >= 0.3 is 0 Å². The fraction of sp³-hybridized carbons (Fsp3) is 0.484. The van der Waals surface area contributed by atoms with Crippen molar-refractivity contribution in [3.05, 3.63) is 52.1 Å². The number of Topliss-reactive ketones (excluding diaryl/α,β-unsaturated/α-hetero) is 1. The molecule has 1 aliphatic heterocycles. The Kier molecular flexibility index (Phi) is 10.0. The fourth-order valence-corrected chi connectivity index (χ4v) is 4.68. The third-order valence-electron chi connectivity index (χ3n) is 6.92. The van der Waals surface area contributed by atoms with Gasteiger partial charge in [0.25, 0.3) is 5.91 Å². The van der Waals surface area contributed by atoms with Crippen LogP contribution in [-0.2, 0) is 16.8 Å². The monoisotopic (exact) mass is 566 g/mol. The van der Waals surface area contributed by atoms with Gasteiger partial charge in [0.2, 0.25) is 5.91 Å². The minimum absolute atomic E-state index is 0.0183. The average Bonchev–Trinajstić information content (AvgIpc) is 3.22. The first-order chi connectivity index (χ1) is 19.3. The number of amides is 2. The second-order valence-electron chi connectivity index (χ2n) is 11.2. The van der Waals surface area contributed by atoms with Crippen LogP contribution < -0.4 is 19.5 Å². The van der Waals surface area contributed by atoms with Gasteiger partial charge in [-0.3, -0.25) is 19.8 Å². The molecule has 0 atom stereocenters. The average molecular weight is 567 g/mol. The number of nitrogens with one attached hydrogen (secondary N) is 2. The van der Waals surface area contributed by atoms with Crippen LogP contribution in [0.15, 0.2) is 24.3 Å². The van der Waals surface area contributed by atoms with Crippen molar-refractivity contribution in [3.8, 4) is 17.2 Å². The van der Waals surface area contributed by atoms with Crippen LogP contribution in [-0.4, -0.2) is 81.2 Å². The molecule has 222 valence electrons. The molecule has 2 N–H and O–H groups in total. The maximum Gasteiger partial charge on any atom is 0.254 e. The summed E-state index contributed by atoms with van der Waals surface area (Å²) in [6.07, 6.45) is 0.874. The minimum atomic E-state index is -0.344. The molecule has 0 spiro atoms. The summed E-state index contributed by atoms with van der Waals surface area (Å²) in [6, 6.07) is 6.94. The number of hydrogen-bond acceptors (Lipinski definition) is 7. The number of carbonyl (C=O) groups excluding carboxylic acids is 3. The van der Waals surface area contributed by atoms with Gasteiger partial charge in [-0.2, -0.15) is 0 Å². The van der Waals surface area contributed by atoms with Crippen molar-refractivity contribution in [2.75, 3.05) is 48.0 Å². The highest BCUT2D eigenvalue weighted by atomic mass is 16.5. The van der Waals surface area contributed by atoms with Crippen LogP contribution in [0.1, 0.15) is 77.9 Å². The number of rotatable bonds is 12. The lowest BCUT2D eigenvalue weighted by Crippen LogP contribution is -2.30. The Bertz CT molecular complexity index is 1330. The molecule has 0 fully saturated rings. The molecule has 0 radical (unpaired) electrons. The van der Waals surface area contributed by atoms with E-state index in [9.17, 15) is 14.4 Å². The van der Waals surface area contributed by atoms with E-state index in [1.54, 1.807) is 56.3 Å². The molecule has 10 nitrogen and oxygen atoms in total.